The van der Waals surface area contributed by atoms with Gasteiger partial charge in [0.05, 0.1) is 12.2 Å². The van der Waals surface area contributed by atoms with Gasteiger partial charge in [0.25, 0.3) is 0 Å². The van der Waals surface area contributed by atoms with Crippen LogP contribution < -0.4 is 21.7 Å². The van der Waals surface area contributed by atoms with Crippen LogP contribution in [0.2, 0.25) is 0 Å². The SMILES string of the molecule is CN(C(=O)[C@@H](NC(O)c1cnccn1)C(C)(C)C)[C@@H](CC1CC1)C(=O)N[C@@H](C[C@@H]1CCCNC1=O)C(N)=O. The number of rotatable bonds is 12. The third-order valence-electron chi connectivity index (χ3n) is 7.25. The zero-order valence-electron chi connectivity index (χ0n) is 22.6. The van der Waals surface area contributed by atoms with Crippen molar-refractivity contribution in [2.24, 2.45) is 23.0 Å². The molecule has 2 fully saturated rings. The van der Waals surface area contributed by atoms with E-state index in [1.807, 2.05) is 20.8 Å². The number of nitrogens with one attached hydrogen (secondary N) is 3. The van der Waals surface area contributed by atoms with Crippen LogP contribution in [0.3, 0.4) is 0 Å². The van der Waals surface area contributed by atoms with Crippen LogP contribution in [0.1, 0.15) is 71.2 Å². The Bertz CT molecular complexity index is 995. The quantitative estimate of drug-likeness (QED) is 0.234. The Morgan fingerprint density at radius 1 is 1.21 bits per heavy atom. The maximum atomic E-state index is 13.8. The lowest BCUT2D eigenvalue weighted by Gasteiger charge is -2.38. The smallest absolute Gasteiger partial charge is 0.243 e. The first-order chi connectivity index (χ1) is 17.9. The number of aromatic nitrogens is 2. The van der Waals surface area contributed by atoms with Crippen LogP contribution in [0.4, 0.5) is 0 Å². The van der Waals surface area contributed by atoms with Crippen LogP contribution in [0.5, 0.6) is 0 Å². The molecule has 12 heteroatoms. The average molecular weight is 532 g/mol. The molecule has 0 bridgehead atoms. The Balaban J connectivity index is 1.76. The lowest BCUT2D eigenvalue weighted by atomic mass is 9.85. The van der Waals surface area contributed by atoms with Crippen molar-refractivity contribution in [3.8, 4) is 0 Å². The Morgan fingerprint density at radius 2 is 1.92 bits per heavy atom. The van der Waals surface area contributed by atoms with Crippen LogP contribution in [0, 0.1) is 17.3 Å². The molecule has 1 aromatic heterocycles. The number of amides is 4. The summed E-state index contributed by atoms with van der Waals surface area (Å²) in [5, 5.41) is 19.1. The highest BCUT2D eigenvalue weighted by molar-refractivity contribution is 5.93. The number of aliphatic hydroxyl groups is 1. The monoisotopic (exact) mass is 531 g/mol. The molecular weight excluding hydrogens is 490 g/mol. The van der Waals surface area contributed by atoms with Crippen molar-refractivity contribution in [1.29, 1.82) is 0 Å². The van der Waals surface area contributed by atoms with Gasteiger partial charge in [-0.15, -0.1) is 0 Å². The molecule has 6 N–H and O–H groups in total. The molecule has 2 aliphatic rings. The normalized spacial score (nSPS) is 21.0. The minimum Gasteiger partial charge on any atom is -0.373 e. The molecule has 1 aliphatic carbocycles. The highest BCUT2D eigenvalue weighted by Gasteiger charge is 2.41. The van der Waals surface area contributed by atoms with E-state index in [9.17, 15) is 24.3 Å². The second-order valence-corrected chi connectivity index (χ2v) is 11.5. The predicted octanol–water partition coefficient (Wildman–Crippen LogP) is -0.0147. The van der Waals surface area contributed by atoms with Crippen LogP contribution in [-0.4, -0.2) is 75.3 Å². The van der Waals surface area contributed by atoms with Crippen molar-refractivity contribution >= 4 is 23.6 Å². The van der Waals surface area contributed by atoms with E-state index >= 15 is 0 Å². The molecule has 2 heterocycles. The van der Waals surface area contributed by atoms with Gasteiger partial charge in [0, 0.05) is 31.9 Å². The second-order valence-electron chi connectivity index (χ2n) is 11.5. The van der Waals surface area contributed by atoms with E-state index in [1.165, 1.54) is 23.5 Å². The summed E-state index contributed by atoms with van der Waals surface area (Å²) in [6.45, 7) is 6.16. The first kappa shape index (κ1) is 29.4. The minimum absolute atomic E-state index is 0.108. The number of primary amides is 1. The first-order valence-electron chi connectivity index (χ1n) is 13.2. The van der Waals surface area contributed by atoms with Gasteiger partial charge in [0.15, 0.2) is 0 Å². The highest BCUT2D eigenvalue weighted by Crippen LogP contribution is 2.35. The molecule has 3 rings (SSSR count). The fourth-order valence-corrected chi connectivity index (χ4v) is 4.71. The first-order valence-corrected chi connectivity index (χ1v) is 13.2. The number of likely N-dealkylation sites (N-methyl/N-ethyl adjacent to an activating group) is 1. The van der Waals surface area contributed by atoms with Crippen molar-refractivity contribution in [1.82, 2.24) is 30.8 Å². The summed E-state index contributed by atoms with van der Waals surface area (Å²) in [5.41, 5.74) is 5.24. The lowest BCUT2D eigenvalue weighted by Crippen LogP contribution is -2.59. The predicted molar refractivity (Wildman–Crippen MR) is 139 cm³/mol. The van der Waals surface area contributed by atoms with Crippen molar-refractivity contribution in [3.05, 3.63) is 24.3 Å². The molecular formula is C26H41N7O5. The largest absolute Gasteiger partial charge is 0.373 e. The molecule has 5 atom stereocenters. The number of aliphatic hydroxyl groups excluding tert-OH is 1. The van der Waals surface area contributed by atoms with Crippen LogP contribution in [0.15, 0.2) is 18.6 Å². The van der Waals surface area contributed by atoms with Gasteiger partial charge in [-0.25, -0.2) is 0 Å². The molecule has 1 saturated carbocycles. The van der Waals surface area contributed by atoms with E-state index in [-0.39, 0.29) is 23.9 Å². The summed E-state index contributed by atoms with van der Waals surface area (Å²) >= 11 is 0. The third kappa shape index (κ3) is 7.94. The molecule has 4 amide bonds. The van der Waals surface area contributed by atoms with Gasteiger partial charge < -0.3 is 26.4 Å². The molecule has 1 saturated heterocycles. The van der Waals surface area contributed by atoms with Crippen molar-refractivity contribution in [2.75, 3.05) is 13.6 Å². The van der Waals surface area contributed by atoms with Gasteiger partial charge >= 0.3 is 0 Å². The van der Waals surface area contributed by atoms with E-state index in [0.717, 1.165) is 19.3 Å². The molecule has 0 spiro atoms. The van der Waals surface area contributed by atoms with Gasteiger partial charge in [-0.3, -0.25) is 34.5 Å². The van der Waals surface area contributed by atoms with Gasteiger partial charge in [0.1, 0.15) is 24.0 Å². The van der Waals surface area contributed by atoms with Crippen LogP contribution in [-0.2, 0) is 19.2 Å². The van der Waals surface area contributed by atoms with E-state index in [2.05, 4.69) is 25.9 Å². The van der Waals surface area contributed by atoms with E-state index < -0.39 is 47.5 Å². The van der Waals surface area contributed by atoms with E-state index in [0.29, 0.717) is 25.3 Å². The van der Waals surface area contributed by atoms with Crippen LogP contribution >= 0.6 is 0 Å². The summed E-state index contributed by atoms with van der Waals surface area (Å²) in [4.78, 5) is 61.2. The molecule has 38 heavy (non-hydrogen) atoms. The number of piperidine rings is 1. The Hall–Kier alpha value is -3.12. The third-order valence-corrected chi connectivity index (χ3v) is 7.25. The summed E-state index contributed by atoms with van der Waals surface area (Å²) in [7, 11) is 1.55. The molecule has 1 unspecified atom stereocenters. The Labute approximate surface area is 223 Å². The maximum Gasteiger partial charge on any atom is 0.243 e. The van der Waals surface area contributed by atoms with E-state index in [1.54, 1.807) is 7.05 Å². The highest BCUT2D eigenvalue weighted by atomic mass is 16.3. The molecule has 210 valence electrons. The number of hydrogen-bond donors (Lipinski definition) is 5. The second kappa shape index (κ2) is 12.6. The summed E-state index contributed by atoms with van der Waals surface area (Å²) in [5.74, 6) is -1.88. The number of nitrogens with two attached hydrogens (primary N) is 1. The number of nitrogens with zero attached hydrogens (tertiary/aromatic N) is 3. The zero-order chi connectivity index (χ0) is 28.0. The summed E-state index contributed by atoms with van der Waals surface area (Å²) < 4.78 is 0. The van der Waals surface area contributed by atoms with Crippen LogP contribution in [0.25, 0.3) is 0 Å². The maximum absolute atomic E-state index is 13.8. The van der Waals surface area contributed by atoms with Crippen molar-refractivity contribution in [2.45, 2.75) is 83.6 Å². The Morgan fingerprint density at radius 3 is 2.47 bits per heavy atom. The number of carbonyl (C=O) groups excluding carboxylic acids is 4. The lowest BCUT2D eigenvalue weighted by molar-refractivity contribution is -0.144. The minimum atomic E-state index is -1.25. The number of hydrogen-bond acceptors (Lipinski definition) is 8. The standard InChI is InChI=1S/C26H41N7O5/c1-26(2,3)20(32-23(36)18-14-28-10-11-29-18)25(38)33(4)19(12-15-7-8-15)24(37)31-17(21(27)34)13-16-6-5-9-30-22(16)35/h10-11,14-17,19-20,23,32,36H,5-9,12-13H2,1-4H3,(H2,27,34)(H,30,35)(H,31,37)/t16-,17-,19-,20+,23?/m0/s1. The summed E-state index contributed by atoms with van der Waals surface area (Å²) in [6.07, 6.45) is 6.96. The Kier molecular flexibility index (Phi) is 9.77. The fraction of sp³-hybridized carbons (Fsp3) is 0.692. The van der Waals surface area contributed by atoms with Gasteiger partial charge in [-0.1, -0.05) is 33.6 Å². The van der Waals surface area contributed by atoms with E-state index in [4.69, 9.17) is 5.73 Å². The molecule has 0 radical (unpaired) electrons. The zero-order valence-corrected chi connectivity index (χ0v) is 22.6. The fourth-order valence-electron chi connectivity index (χ4n) is 4.71. The molecule has 1 aromatic rings. The average Bonchev–Trinajstić information content (AvgIpc) is 3.69. The van der Waals surface area contributed by atoms with Gasteiger partial charge in [-0.2, -0.15) is 0 Å². The summed E-state index contributed by atoms with van der Waals surface area (Å²) in [6, 6.07) is -2.74. The molecule has 0 aromatic carbocycles. The molecule has 12 nitrogen and oxygen atoms in total. The van der Waals surface area contributed by atoms with Gasteiger partial charge in [0.2, 0.25) is 23.6 Å². The van der Waals surface area contributed by atoms with Crippen molar-refractivity contribution in [3.63, 3.8) is 0 Å². The topological polar surface area (TPSA) is 180 Å². The molecule has 1 aliphatic heterocycles. The number of carbonyl (C=O) groups is 4. The van der Waals surface area contributed by atoms with Gasteiger partial charge in [-0.05, 0) is 37.0 Å². The van der Waals surface area contributed by atoms with Crippen molar-refractivity contribution < 1.29 is 24.3 Å².